The molecule has 1 aliphatic carbocycles. The number of hydrogen-bond donors (Lipinski definition) is 1. The van der Waals surface area contributed by atoms with Crippen molar-refractivity contribution in [3.8, 4) is 0 Å². The Hall–Kier alpha value is -1.19. The Kier molecular flexibility index (Phi) is 3.55. The number of likely N-dealkylation sites (tertiary alicyclic amines) is 1. The number of hydrogen-bond acceptors (Lipinski definition) is 3. The number of rotatable bonds is 1. The molecular weight excluding hydrogens is 228 g/mol. The van der Waals surface area contributed by atoms with Crippen LogP contribution in [0.5, 0.6) is 0 Å². The van der Waals surface area contributed by atoms with Crippen molar-refractivity contribution in [2.24, 2.45) is 11.7 Å². The molecule has 2 rings (SSSR count). The summed E-state index contributed by atoms with van der Waals surface area (Å²) < 4.78 is 5.38. The van der Waals surface area contributed by atoms with E-state index in [1.807, 2.05) is 20.8 Å². The smallest absolute Gasteiger partial charge is 0.410 e. The molecule has 0 aromatic carbocycles. The van der Waals surface area contributed by atoms with Gasteiger partial charge in [0.1, 0.15) is 5.60 Å². The third kappa shape index (κ3) is 3.40. The van der Waals surface area contributed by atoms with Crippen molar-refractivity contribution in [1.82, 2.24) is 4.90 Å². The molecule has 1 aliphatic heterocycles. The molecule has 102 valence electrons. The normalized spacial score (nSPS) is 20.8. The van der Waals surface area contributed by atoms with E-state index in [9.17, 15) is 4.79 Å². The molecule has 2 fully saturated rings. The van der Waals surface area contributed by atoms with Crippen LogP contribution in [-0.4, -0.2) is 29.7 Å². The molecule has 1 saturated carbocycles. The highest BCUT2D eigenvalue weighted by Gasteiger charge is 2.29. The second-order valence-electron chi connectivity index (χ2n) is 6.30. The standard InChI is InChI=1S/C14H24N2O2/c1-14(2,3)18-13(17)16-8-6-11(7-9-16)12(15)10-4-5-10/h11H,4-9,15H2,1-3H3. The van der Waals surface area contributed by atoms with E-state index in [0.29, 0.717) is 5.92 Å². The van der Waals surface area contributed by atoms with Gasteiger partial charge in [-0.1, -0.05) is 5.57 Å². The summed E-state index contributed by atoms with van der Waals surface area (Å²) in [5.41, 5.74) is 8.24. The Bertz CT molecular complexity index is 354. The summed E-state index contributed by atoms with van der Waals surface area (Å²) in [7, 11) is 0. The van der Waals surface area contributed by atoms with Crippen LogP contribution in [0.15, 0.2) is 11.3 Å². The lowest BCUT2D eigenvalue weighted by molar-refractivity contribution is 0.0194. The molecule has 1 amide bonds. The zero-order valence-electron chi connectivity index (χ0n) is 11.7. The zero-order chi connectivity index (χ0) is 13.3. The first-order valence-electron chi connectivity index (χ1n) is 6.82. The van der Waals surface area contributed by atoms with Gasteiger partial charge in [-0.05, 0) is 46.5 Å². The Labute approximate surface area is 109 Å². The van der Waals surface area contributed by atoms with Gasteiger partial charge in [0.05, 0.1) is 0 Å². The van der Waals surface area contributed by atoms with Gasteiger partial charge in [0.25, 0.3) is 0 Å². The van der Waals surface area contributed by atoms with Crippen LogP contribution in [0, 0.1) is 5.92 Å². The van der Waals surface area contributed by atoms with Crippen LogP contribution in [0.4, 0.5) is 4.79 Å². The number of nitrogens with zero attached hydrogens (tertiary/aromatic N) is 1. The van der Waals surface area contributed by atoms with Crippen LogP contribution >= 0.6 is 0 Å². The van der Waals surface area contributed by atoms with E-state index in [4.69, 9.17) is 10.5 Å². The molecule has 1 heterocycles. The lowest BCUT2D eigenvalue weighted by atomic mass is 9.93. The number of ether oxygens (including phenoxy) is 1. The van der Waals surface area contributed by atoms with Crippen molar-refractivity contribution in [3.63, 3.8) is 0 Å². The van der Waals surface area contributed by atoms with Crippen molar-refractivity contribution in [1.29, 1.82) is 0 Å². The molecule has 0 bridgehead atoms. The summed E-state index contributed by atoms with van der Waals surface area (Å²) in [6, 6.07) is 0. The maximum Gasteiger partial charge on any atom is 0.410 e. The first-order chi connectivity index (χ1) is 8.37. The summed E-state index contributed by atoms with van der Waals surface area (Å²) in [6.07, 6.45) is 4.10. The summed E-state index contributed by atoms with van der Waals surface area (Å²) in [4.78, 5) is 13.7. The average Bonchev–Trinajstić information content (AvgIpc) is 3.10. The second kappa shape index (κ2) is 4.82. The molecule has 0 spiro atoms. The molecule has 18 heavy (non-hydrogen) atoms. The molecule has 0 unspecified atom stereocenters. The van der Waals surface area contributed by atoms with Crippen molar-refractivity contribution in [2.45, 2.75) is 52.1 Å². The maximum absolute atomic E-state index is 11.9. The monoisotopic (exact) mass is 252 g/mol. The Morgan fingerprint density at radius 3 is 2.28 bits per heavy atom. The number of nitrogens with two attached hydrogens (primary N) is 1. The highest BCUT2D eigenvalue weighted by molar-refractivity contribution is 5.68. The highest BCUT2D eigenvalue weighted by Crippen LogP contribution is 2.35. The molecule has 2 aliphatic rings. The summed E-state index contributed by atoms with van der Waals surface area (Å²) in [5, 5.41) is 0. The van der Waals surface area contributed by atoms with Gasteiger partial charge < -0.3 is 15.4 Å². The first kappa shape index (κ1) is 13.2. The van der Waals surface area contributed by atoms with E-state index in [1.54, 1.807) is 4.90 Å². The minimum Gasteiger partial charge on any atom is -0.444 e. The van der Waals surface area contributed by atoms with Crippen molar-refractivity contribution in [3.05, 3.63) is 11.3 Å². The topological polar surface area (TPSA) is 55.6 Å². The average molecular weight is 252 g/mol. The van der Waals surface area contributed by atoms with E-state index in [2.05, 4.69) is 0 Å². The number of piperidine rings is 1. The first-order valence-corrected chi connectivity index (χ1v) is 6.82. The van der Waals surface area contributed by atoms with Crippen LogP contribution in [-0.2, 0) is 4.74 Å². The molecule has 1 saturated heterocycles. The van der Waals surface area contributed by atoms with Crippen molar-refractivity contribution in [2.75, 3.05) is 13.1 Å². The highest BCUT2D eigenvalue weighted by atomic mass is 16.6. The fourth-order valence-electron chi connectivity index (χ4n) is 2.34. The lowest BCUT2D eigenvalue weighted by Gasteiger charge is -2.33. The van der Waals surface area contributed by atoms with Gasteiger partial charge in [-0.2, -0.15) is 0 Å². The molecule has 4 heteroatoms. The lowest BCUT2D eigenvalue weighted by Crippen LogP contribution is -2.42. The van der Waals surface area contributed by atoms with Crippen molar-refractivity contribution >= 4 is 6.09 Å². The van der Waals surface area contributed by atoms with E-state index in [1.165, 1.54) is 18.4 Å². The zero-order valence-corrected chi connectivity index (χ0v) is 11.7. The van der Waals surface area contributed by atoms with Crippen molar-refractivity contribution < 1.29 is 9.53 Å². The van der Waals surface area contributed by atoms with Gasteiger partial charge in [-0.3, -0.25) is 0 Å². The largest absolute Gasteiger partial charge is 0.444 e. The Morgan fingerprint density at radius 1 is 1.28 bits per heavy atom. The van der Waals surface area contributed by atoms with Crippen LogP contribution < -0.4 is 5.73 Å². The van der Waals surface area contributed by atoms with Gasteiger partial charge in [0.2, 0.25) is 0 Å². The number of allylic oxidation sites excluding steroid dienone is 2. The summed E-state index contributed by atoms with van der Waals surface area (Å²) in [6.45, 7) is 7.20. The van der Waals surface area contributed by atoms with Crippen LogP contribution in [0.1, 0.15) is 46.5 Å². The summed E-state index contributed by atoms with van der Waals surface area (Å²) >= 11 is 0. The minimum atomic E-state index is -0.414. The second-order valence-corrected chi connectivity index (χ2v) is 6.30. The molecule has 0 atom stereocenters. The molecule has 2 N–H and O–H groups in total. The maximum atomic E-state index is 11.9. The van der Waals surface area contributed by atoms with Gasteiger partial charge in [0, 0.05) is 24.7 Å². The number of carbonyl (C=O) groups excluding carboxylic acids is 1. The predicted molar refractivity (Wildman–Crippen MR) is 71.0 cm³/mol. The number of carbonyl (C=O) groups is 1. The van der Waals surface area contributed by atoms with E-state index < -0.39 is 5.60 Å². The Morgan fingerprint density at radius 2 is 1.83 bits per heavy atom. The van der Waals surface area contributed by atoms with E-state index in [-0.39, 0.29) is 6.09 Å². The third-order valence-corrected chi connectivity index (χ3v) is 3.49. The van der Waals surface area contributed by atoms with E-state index >= 15 is 0 Å². The molecule has 0 radical (unpaired) electrons. The van der Waals surface area contributed by atoms with E-state index in [0.717, 1.165) is 31.6 Å². The van der Waals surface area contributed by atoms with Gasteiger partial charge in [-0.25, -0.2) is 4.79 Å². The Balaban J connectivity index is 1.83. The SMILES string of the molecule is CC(C)(C)OC(=O)N1CCC(C(N)=C2CC2)CC1. The van der Waals surface area contributed by atoms with Gasteiger partial charge in [0.15, 0.2) is 0 Å². The van der Waals surface area contributed by atoms with Crippen LogP contribution in [0.2, 0.25) is 0 Å². The molecule has 4 nitrogen and oxygen atoms in total. The quantitative estimate of drug-likeness (QED) is 0.780. The molecule has 0 aromatic heterocycles. The summed E-state index contributed by atoms with van der Waals surface area (Å²) in [5.74, 6) is 0.473. The minimum absolute atomic E-state index is 0.196. The third-order valence-electron chi connectivity index (χ3n) is 3.49. The molecule has 0 aromatic rings. The van der Waals surface area contributed by atoms with Gasteiger partial charge >= 0.3 is 6.09 Å². The van der Waals surface area contributed by atoms with Crippen LogP contribution in [0.25, 0.3) is 0 Å². The molecular formula is C14H24N2O2. The number of amides is 1. The van der Waals surface area contributed by atoms with Gasteiger partial charge in [-0.15, -0.1) is 0 Å². The fraction of sp³-hybridized carbons (Fsp3) is 0.786. The fourth-order valence-corrected chi connectivity index (χ4v) is 2.34. The van der Waals surface area contributed by atoms with Crippen LogP contribution in [0.3, 0.4) is 0 Å². The predicted octanol–water partition coefficient (Wildman–Crippen LogP) is 2.64.